The Morgan fingerprint density at radius 2 is 1.77 bits per heavy atom. The Morgan fingerprint density at radius 3 is 2.50 bits per heavy atom. The smallest absolute Gasteiger partial charge is 0.258 e. The Morgan fingerprint density at radius 1 is 1.04 bits per heavy atom. The van der Waals surface area contributed by atoms with E-state index in [9.17, 15) is 5.11 Å². The molecule has 3 aromatic rings. The highest BCUT2D eigenvalue weighted by Crippen LogP contribution is 2.29. The number of hydrogen-bond donors (Lipinski definition) is 1. The van der Waals surface area contributed by atoms with Crippen molar-refractivity contribution in [2.75, 3.05) is 0 Å². The van der Waals surface area contributed by atoms with Gasteiger partial charge in [0.1, 0.15) is 17.6 Å². The lowest BCUT2D eigenvalue weighted by Gasteiger charge is -2.22. The summed E-state index contributed by atoms with van der Waals surface area (Å²) in [6, 6.07) is 14.3. The molecule has 1 N–H and O–H groups in total. The van der Waals surface area contributed by atoms with Crippen LogP contribution in [-0.2, 0) is 0 Å². The van der Waals surface area contributed by atoms with Crippen molar-refractivity contribution in [1.29, 1.82) is 0 Å². The molecule has 5 nitrogen and oxygen atoms in total. The molecule has 132 valence electrons. The van der Waals surface area contributed by atoms with Crippen LogP contribution in [0.2, 0.25) is 0 Å². The Balaban J connectivity index is 1.49. The van der Waals surface area contributed by atoms with Gasteiger partial charge in [0, 0.05) is 15.6 Å². The summed E-state index contributed by atoms with van der Waals surface area (Å²) in [4.78, 5) is 4.42. The van der Waals surface area contributed by atoms with Crippen LogP contribution in [0.5, 0.6) is 11.5 Å². The Kier molecular flexibility index (Phi) is 4.75. The van der Waals surface area contributed by atoms with E-state index >= 15 is 0 Å². The van der Waals surface area contributed by atoms with Crippen LogP contribution in [0.1, 0.15) is 19.3 Å². The van der Waals surface area contributed by atoms with Crippen molar-refractivity contribution in [1.82, 2.24) is 10.1 Å². The van der Waals surface area contributed by atoms with Crippen molar-refractivity contribution in [3.63, 3.8) is 0 Å². The molecule has 0 saturated heterocycles. The summed E-state index contributed by atoms with van der Waals surface area (Å²) in [5, 5.41) is 13.4. The van der Waals surface area contributed by atoms with Crippen LogP contribution in [0.4, 0.5) is 0 Å². The van der Waals surface area contributed by atoms with Crippen LogP contribution in [-0.4, -0.2) is 21.4 Å². The van der Waals surface area contributed by atoms with Gasteiger partial charge in [-0.3, -0.25) is 0 Å². The zero-order chi connectivity index (χ0) is 17.9. The number of rotatable bonds is 4. The number of hydrogen-bond acceptors (Lipinski definition) is 5. The van der Waals surface area contributed by atoms with Gasteiger partial charge in [-0.15, -0.1) is 0 Å². The number of benzene rings is 2. The van der Waals surface area contributed by atoms with Gasteiger partial charge in [0.2, 0.25) is 5.82 Å². The van der Waals surface area contributed by atoms with Crippen molar-refractivity contribution in [3.8, 4) is 34.3 Å². The third-order valence-electron chi connectivity index (χ3n) is 4.25. The Bertz CT molecular complexity index is 917. The van der Waals surface area contributed by atoms with Crippen molar-refractivity contribution >= 4 is 15.9 Å². The normalized spacial score (nSPS) is 17.0. The highest BCUT2D eigenvalue weighted by molar-refractivity contribution is 9.11. The third kappa shape index (κ3) is 3.65. The average Bonchev–Trinajstić information content (AvgIpc) is 3.15. The van der Waals surface area contributed by atoms with Crippen molar-refractivity contribution in [2.24, 2.45) is 0 Å². The quantitative estimate of drug-likeness (QED) is 0.627. The van der Waals surface area contributed by atoms with Crippen molar-refractivity contribution in [3.05, 3.63) is 59.1 Å². The highest BCUT2D eigenvalue weighted by Gasteiger charge is 2.17. The second kappa shape index (κ2) is 7.33. The maximum absolute atomic E-state index is 9.36. The van der Waals surface area contributed by atoms with Crippen molar-refractivity contribution in [2.45, 2.75) is 25.4 Å². The van der Waals surface area contributed by atoms with E-state index < -0.39 is 0 Å². The van der Waals surface area contributed by atoms with Gasteiger partial charge in [0.05, 0.1) is 0 Å². The largest absolute Gasteiger partial charge is 0.508 e. The SMILES string of the molecule is Oc1ccc(-c2nc(-c3ccc(OC4CCCC=C4Br)cc3)no2)cc1. The monoisotopic (exact) mass is 412 g/mol. The van der Waals surface area contributed by atoms with Crippen LogP contribution in [0.25, 0.3) is 22.8 Å². The predicted octanol–water partition coefficient (Wildman–Crippen LogP) is 5.32. The van der Waals surface area contributed by atoms with E-state index in [1.54, 1.807) is 24.3 Å². The minimum atomic E-state index is 0.0841. The Labute approximate surface area is 159 Å². The zero-order valence-corrected chi connectivity index (χ0v) is 15.5. The fourth-order valence-electron chi connectivity index (χ4n) is 2.84. The Hall–Kier alpha value is -2.60. The van der Waals surface area contributed by atoms with Gasteiger partial charge in [-0.2, -0.15) is 4.98 Å². The van der Waals surface area contributed by atoms with Gasteiger partial charge in [0.25, 0.3) is 5.89 Å². The van der Waals surface area contributed by atoms with Gasteiger partial charge in [0.15, 0.2) is 0 Å². The summed E-state index contributed by atoms with van der Waals surface area (Å²) in [6.07, 6.45) is 5.51. The molecule has 26 heavy (non-hydrogen) atoms. The number of phenolic OH excluding ortho intramolecular Hbond substituents is 1. The topological polar surface area (TPSA) is 68.4 Å². The molecule has 4 rings (SSSR count). The van der Waals surface area contributed by atoms with E-state index in [4.69, 9.17) is 9.26 Å². The lowest BCUT2D eigenvalue weighted by molar-refractivity contribution is 0.227. The van der Waals surface area contributed by atoms with E-state index in [1.165, 1.54) is 0 Å². The van der Waals surface area contributed by atoms with E-state index in [0.717, 1.165) is 40.6 Å². The zero-order valence-electron chi connectivity index (χ0n) is 13.9. The molecular weight excluding hydrogens is 396 g/mol. The first-order valence-corrected chi connectivity index (χ1v) is 9.24. The number of ether oxygens (including phenoxy) is 1. The van der Waals surface area contributed by atoms with Gasteiger partial charge < -0.3 is 14.4 Å². The molecule has 0 saturated carbocycles. The summed E-state index contributed by atoms with van der Waals surface area (Å²) in [5.41, 5.74) is 1.61. The van der Waals surface area contributed by atoms with Gasteiger partial charge in [-0.05, 0) is 67.8 Å². The van der Waals surface area contributed by atoms with E-state index in [-0.39, 0.29) is 11.9 Å². The van der Waals surface area contributed by atoms with Crippen molar-refractivity contribution < 1.29 is 14.4 Å². The fourth-order valence-corrected chi connectivity index (χ4v) is 3.39. The first-order valence-electron chi connectivity index (χ1n) is 8.45. The first-order chi connectivity index (χ1) is 12.7. The predicted molar refractivity (Wildman–Crippen MR) is 102 cm³/mol. The van der Waals surface area contributed by atoms with E-state index in [2.05, 4.69) is 32.1 Å². The maximum atomic E-state index is 9.36. The molecule has 6 heteroatoms. The molecule has 0 radical (unpaired) electrons. The molecule has 1 aliphatic rings. The average molecular weight is 413 g/mol. The second-order valence-electron chi connectivity index (χ2n) is 6.12. The molecule has 0 amide bonds. The van der Waals surface area contributed by atoms with Gasteiger partial charge in [-0.25, -0.2) is 0 Å². The van der Waals surface area contributed by atoms with Gasteiger partial charge >= 0.3 is 0 Å². The summed E-state index contributed by atoms with van der Waals surface area (Å²) < 4.78 is 12.5. The minimum absolute atomic E-state index is 0.0841. The molecule has 1 atom stereocenters. The van der Waals surface area contributed by atoms with E-state index in [1.807, 2.05) is 24.3 Å². The number of allylic oxidation sites excluding steroid dienone is 1. The maximum Gasteiger partial charge on any atom is 0.258 e. The van der Waals surface area contributed by atoms with Crippen LogP contribution in [0.3, 0.4) is 0 Å². The molecule has 1 aromatic heterocycles. The lowest BCUT2D eigenvalue weighted by atomic mass is 10.1. The van der Waals surface area contributed by atoms with E-state index in [0.29, 0.717) is 11.7 Å². The molecule has 1 heterocycles. The molecule has 0 spiro atoms. The highest BCUT2D eigenvalue weighted by atomic mass is 79.9. The number of aromatic hydroxyl groups is 1. The lowest BCUT2D eigenvalue weighted by Crippen LogP contribution is -2.19. The number of aromatic nitrogens is 2. The summed E-state index contributed by atoms with van der Waals surface area (Å²) in [6.45, 7) is 0. The number of phenols is 1. The summed E-state index contributed by atoms with van der Waals surface area (Å²) in [7, 11) is 0. The van der Waals surface area contributed by atoms with Crippen LogP contribution < -0.4 is 4.74 Å². The van der Waals surface area contributed by atoms with Crippen LogP contribution in [0.15, 0.2) is 63.6 Å². The third-order valence-corrected chi connectivity index (χ3v) is 5.08. The van der Waals surface area contributed by atoms with Crippen LogP contribution >= 0.6 is 15.9 Å². The molecule has 1 aliphatic carbocycles. The second-order valence-corrected chi connectivity index (χ2v) is 7.04. The number of nitrogens with zero attached hydrogens (tertiary/aromatic N) is 2. The molecule has 0 aliphatic heterocycles. The summed E-state index contributed by atoms with van der Waals surface area (Å²) in [5.74, 6) is 1.94. The number of halogens is 1. The standard InChI is InChI=1S/C20H17BrN2O3/c21-17-3-1-2-4-18(17)25-16-11-7-13(8-12-16)19-22-20(26-23-19)14-5-9-15(24)10-6-14/h3,5-12,18,24H,1-2,4H2. The fraction of sp³-hybridized carbons (Fsp3) is 0.200. The molecular formula is C20H17BrN2O3. The molecule has 2 aromatic carbocycles. The minimum Gasteiger partial charge on any atom is -0.508 e. The first kappa shape index (κ1) is 16.8. The van der Waals surface area contributed by atoms with Gasteiger partial charge in [-0.1, -0.05) is 27.2 Å². The molecule has 0 bridgehead atoms. The molecule has 0 fully saturated rings. The summed E-state index contributed by atoms with van der Waals surface area (Å²) >= 11 is 3.58. The van der Waals surface area contributed by atoms with Crippen LogP contribution in [0, 0.1) is 0 Å². The molecule has 1 unspecified atom stereocenters.